The lowest BCUT2D eigenvalue weighted by Crippen LogP contribution is -2.03. The predicted octanol–water partition coefficient (Wildman–Crippen LogP) is 6.81. The molecule has 130 valence electrons. The van der Waals surface area contributed by atoms with E-state index in [1.807, 2.05) is 38.1 Å². The molecule has 1 aliphatic rings. The van der Waals surface area contributed by atoms with E-state index in [-0.39, 0.29) is 0 Å². The van der Waals surface area contributed by atoms with E-state index in [0.29, 0.717) is 0 Å². The minimum atomic E-state index is 0.863. The number of nitrogens with zero attached hydrogens (tertiary/aromatic N) is 1. The summed E-state index contributed by atoms with van der Waals surface area (Å²) < 4.78 is 8.25. The fraction of sp³-hybridized carbons (Fsp3) is 0.130. The Balaban J connectivity index is 0.000000814. The first-order valence-corrected chi connectivity index (χ1v) is 9.04. The minimum absolute atomic E-state index is 0.863. The summed E-state index contributed by atoms with van der Waals surface area (Å²) in [5, 5.41) is 4.63. The number of rotatable bonds is 1. The van der Waals surface area contributed by atoms with Crippen LogP contribution >= 0.6 is 0 Å². The Kier molecular flexibility index (Phi) is 4.13. The average Bonchev–Trinajstić information content (AvgIpc) is 3.09. The van der Waals surface area contributed by atoms with Crippen LogP contribution in [-0.2, 0) is 0 Å². The Morgan fingerprint density at radius 1 is 0.808 bits per heavy atom. The average molecular weight is 342 g/mol. The molecule has 0 aliphatic carbocycles. The van der Waals surface area contributed by atoms with Crippen molar-refractivity contribution in [2.45, 2.75) is 20.8 Å². The zero-order valence-electron chi connectivity index (χ0n) is 15.3. The number of benzene rings is 3. The Morgan fingerprint density at radius 2 is 1.58 bits per heavy atom. The van der Waals surface area contributed by atoms with Crippen LogP contribution in [0.15, 0.2) is 72.9 Å². The van der Waals surface area contributed by atoms with Crippen molar-refractivity contribution in [2.75, 3.05) is 5.32 Å². The molecule has 5 rings (SSSR count). The summed E-state index contributed by atoms with van der Waals surface area (Å²) in [7, 11) is 0. The van der Waals surface area contributed by atoms with Crippen molar-refractivity contribution in [2.24, 2.45) is 0 Å². The van der Waals surface area contributed by atoms with Gasteiger partial charge in [-0.05, 0) is 49.4 Å². The minimum Gasteiger partial charge on any atom is -0.453 e. The van der Waals surface area contributed by atoms with Crippen molar-refractivity contribution in [3.8, 4) is 17.2 Å². The zero-order chi connectivity index (χ0) is 18.1. The Morgan fingerprint density at radius 3 is 2.38 bits per heavy atom. The highest BCUT2D eigenvalue weighted by Crippen LogP contribution is 2.43. The van der Waals surface area contributed by atoms with E-state index < -0.39 is 0 Å². The third-order valence-corrected chi connectivity index (χ3v) is 4.48. The molecule has 1 aromatic heterocycles. The van der Waals surface area contributed by atoms with Crippen LogP contribution in [-0.4, -0.2) is 4.57 Å². The van der Waals surface area contributed by atoms with E-state index >= 15 is 0 Å². The Labute approximate surface area is 153 Å². The first kappa shape index (κ1) is 16.3. The highest BCUT2D eigenvalue weighted by molar-refractivity contribution is 5.91. The van der Waals surface area contributed by atoms with E-state index in [9.17, 15) is 0 Å². The second-order valence-electron chi connectivity index (χ2n) is 6.15. The maximum atomic E-state index is 6.04. The molecule has 3 aromatic carbocycles. The van der Waals surface area contributed by atoms with Gasteiger partial charge in [-0.2, -0.15) is 0 Å². The number of hydrogen-bond donors (Lipinski definition) is 1. The lowest BCUT2D eigenvalue weighted by Gasteiger charge is -2.22. The second kappa shape index (κ2) is 6.60. The number of fused-ring (bicyclic) bond motifs is 3. The van der Waals surface area contributed by atoms with Gasteiger partial charge in [0.15, 0.2) is 11.5 Å². The Hall–Kier alpha value is -3.20. The standard InChI is InChI=1S/C21H16N2O.C2H6/c1-14-6-8-16(9-7-14)23-11-10-15-12-21-18(13-19(15)23)22-17-4-2-3-5-20(17)24-21;1-2/h2-13,22H,1H3;1-2H3. The fourth-order valence-electron chi connectivity index (χ4n) is 3.20. The van der Waals surface area contributed by atoms with Crippen LogP contribution in [0.5, 0.6) is 11.5 Å². The lowest BCUT2D eigenvalue weighted by molar-refractivity contribution is 0.482. The summed E-state index contributed by atoms with van der Waals surface area (Å²) in [6.07, 6.45) is 2.11. The highest BCUT2D eigenvalue weighted by atomic mass is 16.5. The summed E-state index contributed by atoms with van der Waals surface area (Å²) in [5.41, 5.74) is 5.58. The second-order valence-corrected chi connectivity index (χ2v) is 6.15. The first-order valence-electron chi connectivity index (χ1n) is 9.04. The van der Waals surface area contributed by atoms with Crippen LogP contribution in [0.1, 0.15) is 19.4 Å². The maximum absolute atomic E-state index is 6.04. The molecule has 1 N–H and O–H groups in total. The van der Waals surface area contributed by atoms with E-state index in [2.05, 4.69) is 65.5 Å². The van der Waals surface area contributed by atoms with Crippen LogP contribution in [0.4, 0.5) is 11.4 Å². The number of aromatic nitrogens is 1. The number of aryl methyl sites for hydroxylation is 1. The molecule has 4 aromatic rings. The molecular formula is C23H22N2O. The van der Waals surface area contributed by atoms with Crippen LogP contribution in [0.25, 0.3) is 16.6 Å². The molecule has 26 heavy (non-hydrogen) atoms. The third kappa shape index (κ3) is 2.72. The van der Waals surface area contributed by atoms with Gasteiger partial charge in [-0.3, -0.25) is 0 Å². The lowest BCUT2D eigenvalue weighted by atomic mass is 10.1. The normalized spacial score (nSPS) is 11.5. The smallest absolute Gasteiger partial charge is 0.151 e. The SMILES string of the molecule is CC.Cc1ccc(-n2ccc3cc4c(cc32)Nc2ccccc2O4)cc1. The number of hydrogen-bond acceptors (Lipinski definition) is 2. The van der Waals surface area contributed by atoms with Crippen molar-refractivity contribution in [1.82, 2.24) is 4.57 Å². The van der Waals surface area contributed by atoms with Crippen molar-refractivity contribution >= 4 is 22.3 Å². The molecule has 0 atom stereocenters. The molecule has 3 heteroatoms. The molecule has 1 aliphatic heterocycles. The maximum Gasteiger partial charge on any atom is 0.151 e. The van der Waals surface area contributed by atoms with Gasteiger partial charge in [-0.1, -0.05) is 43.7 Å². The summed E-state index contributed by atoms with van der Waals surface area (Å²) >= 11 is 0. The number of anilines is 2. The predicted molar refractivity (Wildman–Crippen MR) is 109 cm³/mol. The van der Waals surface area contributed by atoms with Crippen LogP contribution in [0.3, 0.4) is 0 Å². The number of ether oxygens (including phenoxy) is 1. The van der Waals surface area contributed by atoms with Crippen molar-refractivity contribution in [1.29, 1.82) is 0 Å². The quantitative estimate of drug-likeness (QED) is 0.362. The molecule has 0 spiro atoms. The number of para-hydroxylation sites is 2. The fourth-order valence-corrected chi connectivity index (χ4v) is 3.20. The molecule has 0 fully saturated rings. The van der Waals surface area contributed by atoms with Gasteiger partial charge in [-0.25, -0.2) is 0 Å². The molecule has 0 unspecified atom stereocenters. The topological polar surface area (TPSA) is 26.2 Å². The van der Waals surface area contributed by atoms with Crippen LogP contribution < -0.4 is 10.1 Å². The van der Waals surface area contributed by atoms with Gasteiger partial charge in [0.25, 0.3) is 0 Å². The Bertz CT molecular complexity index is 1060. The van der Waals surface area contributed by atoms with Gasteiger partial charge in [0.2, 0.25) is 0 Å². The van der Waals surface area contributed by atoms with E-state index in [0.717, 1.165) is 39.5 Å². The first-order chi connectivity index (χ1) is 12.8. The molecule has 0 radical (unpaired) electrons. The largest absolute Gasteiger partial charge is 0.453 e. The monoisotopic (exact) mass is 342 g/mol. The van der Waals surface area contributed by atoms with Gasteiger partial charge in [0, 0.05) is 17.3 Å². The zero-order valence-corrected chi connectivity index (χ0v) is 15.3. The van der Waals surface area contributed by atoms with Crippen molar-refractivity contribution < 1.29 is 4.74 Å². The third-order valence-electron chi connectivity index (χ3n) is 4.48. The number of nitrogens with one attached hydrogen (secondary N) is 1. The highest BCUT2D eigenvalue weighted by Gasteiger charge is 2.17. The van der Waals surface area contributed by atoms with E-state index in [1.165, 1.54) is 5.56 Å². The summed E-state index contributed by atoms with van der Waals surface area (Å²) in [6.45, 7) is 6.10. The van der Waals surface area contributed by atoms with Crippen molar-refractivity contribution in [3.63, 3.8) is 0 Å². The van der Waals surface area contributed by atoms with Gasteiger partial charge < -0.3 is 14.6 Å². The van der Waals surface area contributed by atoms with Gasteiger partial charge in [0.1, 0.15) is 0 Å². The van der Waals surface area contributed by atoms with Crippen LogP contribution in [0, 0.1) is 6.92 Å². The van der Waals surface area contributed by atoms with Gasteiger partial charge >= 0.3 is 0 Å². The molecule has 0 bridgehead atoms. The molecule has 3 nitrogen and oxygen atoms in total. The molecular weight excluding hydrogens is 320 g/mol. The molecule has 2 heterocycles. The van der Waals surface area contributed by atoms with E-state index in [1.54, 1.807) is 0 Å². The summed E-state index contributed by atoms with van der Waals surface area (Å²) in [6, 6.07) is 22.9. The van der Waals surface area contributed by atoms with Gasteiger partial charge in [-0.15, -0.1) is 0 Å². The van der Waals surface area contributed by atoms with Crippen molar-refractivity contribution in [3.05, 3.63) is 78.5 Å². The van der Waals surface area contributed by atoms with Crippen LogP contribution in [0.2, 0.25) is 0 Å². The molecule has 0 saturated carbocycles. The summed E-state index contributed by atoms with van der Waals surface area (Å²) in [5.74, 6) is 1.73. The molecule has 0 amide bonds. The van der Waals surface area contributed by atoms with Gasteiger partial charge in [0.05, 0.1) is 16.9 Å². The van der Waals surface area contributed by atoms with E-state index in [4.69, 9.17) is 4.74 Å². The molecule has 0 saturated heterocycles. The summed E-state index contributed by atoms with van der Waals surface area (Å²) in [4.78, 5) is 0.